The first-order valence-electron chi connectivity index (χ1n) is 9.36. The van der Waals surface area contributed by atoms with E-state index in [0.717, 1.165) is 49.1 Å². The summed E-state index contributed by atoms with van der Waals surface area (Å²) in [4.78, 5) is 14.4. The Morgan fingerprint density at radius 1 is 1.18 bits per heavy atom. The summed E-state index contributed by atoms with van der Waals surface area (Å²) in [5, 5.41) is 0. The van der Waals surface area contributed by atoms with E-state index >= 15 is 0 Å². The molecule has 0 bridgehead atoms. The van der Waals surface area contributed by atoms with Crippen LogP contribution in [0.15, 0.2) is 53.4 Å². The van der Waals surface area contributed by atoms with Gasteiger partial charge in [0.25, 0.3) is 0 Å². The fourth-order valence-corrected chi connectivity index (χ4v) is 4.00. The van der Waals surface area contributed by atoms with Crippen molar-refractivity contribution in [1.82, 2.24) is 4.90 Å². The van der Waals surface area contributed by atoms with E-state index in [1.54, 1.807) is 12.1 Å². The Morgan fingerprint density at radius 3 is 2.43 bits per heavy atom. The molecular formula is C21H24FNO4S. The van der Waals surface area contributed by atoms with E-state index in [1.807, 2.05) is 24.8 Å². The minimum atomic E-state index is -4.06. The van der Waals surface area contributed by atoms with Gasteiger partial charge in [-0.3, -0.25) is 4.79 Å². The van der Waals surface area contributed by atoms with Gasteiger partial charge in [0.15, 0.2) is 0 Å². The first-order chi connectivity index (χ1) is 13.3. The molecule has 0 aromatic heterocycles. The van der Waals surface area contributed by atoms with Crippen molar-refractivity contribution < 1.29 is 21.8 Å². The molecule has 5 nitrogen and oxygen atoms in total. The molecule has 0 heterocycles. The van der Waals surface area contributed by atoms with Crippen LogP contribution in [0.25, 0.3) is 0 Å². The average molecular weight is 405 g/mol. The van der Waals surface area contributed by atoms with E-state index in [2.05, 4.69) is 0 Å². The summed E-state index contributed by atoms with van der Waals surface area (Å²) >= 11 is 0. The summed E-state index contributed by atoms with van der Waals surface area (Å²) in [6, 6.07) is 11.2. The standard InChI is InChI=1S/C21H24FNO4S/c1-15(2)23(21(24)17-6-4-7-17)14-16-5-3-8-19(13-16)27-28(25,26)20-11-9-18(22)10-12-20/h3,5,8-13,15,17H,4,6-7,14H2,1-2H3. The summed E-state index contributed by atoms with van der Waals surface area (Å²) in [6.45, 7) is 4.33. The molecular weight excluding hydrogens is 381 g/mol. The van der Waals surface area contributed by atoms with Crippen LogP contribution >= 0.6 is 0 Å². The number of carbonyl (C=O) groups excluding carboxylic acids is 1. The number of carbonyl (C=O) groups is 1. The lowest BCUT2D eigenvalue weighted by molar-refractivity contribution is -0.140. The van der Waals surface area contributed by atoms with E-state index in [9.17, 15) is 17.6 Å². The van der Waals surface area contributed by atoms with E-state index in [-0.39, 0.29) is 28.5 Å². The van der Waals surface area contributed by atoms with Gasteiger partial charge in [-0.1, -0.05) is 18.6 Å². The highest BCUT2D eigenvalue weighted by molar-refractivity contribution is 7.87. The Hall–Kier alpha value is -2.41. The minimum absolute atomic E-state index is 0.0422. The van der Waals surface area contributed by atoms with Crippen LogP contribution in [-0.4, -0.2) is 25.3 Å². The summed E-state index contributed by atoms with van der Waals surface area (Å²) in [6.07, 6.45) is 2.95. The van der Waals surface area contributed by atoms with Gasteiger partial charge < -0.3 is 9.08 Å². The van der Waals surface area contributed by atoms with Crippen molar-refractivity contribution in [2.75, 3.05) is 0 Å². The van der Waals surface area contributed by atoms with E-state index in [1.165, 1.54) is 6.07 Å². The van der Waals surface area contributed by atoms with Crippen LogP contribution in [0.2, 0.25) is 0 Å². The van der Waals surface area contributed by atoms with Gasteiger partial charge in [0, 0.05) is 18.5 Å². The SMILES string of the molecule is CC(C)N(Cc1cccc(OS(=O)(=O)c2ccc(F)cc2)c1)C(=O)C1CCC1. The quantitative estimate of drug-likeness (QED) is 0.650. The first-order valence-corrected chi connectivity index (χ1v) is 10.8. The Morgan fingerprint density at radius 2 is 1.86 bits per heavy atom. The fourth-order valence-electron chi connectivity index (χ4n) is 3.07. The number of benzene rings is 2. The van der Waals surface area contributed by atoms with Crippen LogP contribution in [0, 0.1) is 11.7 Å². The van der Waals surface area contributed by atoms with Crippen LogP contribution in [0.4, 0.5) is 4.39 Å². The van der Waals surface area contributed by atoms with Crippen LogP contribution in [0.3, 0.4) is 0 Å². The van der Waals surface area contributed by atoms with E-state index in [0.29, 0.717) is 6.54 Å². The molecule has 150 valence electrons. The van der Waals surface area contributed by atoms with Gasteiger partial charge in [0.2, 0.25) is 5.91 Å². The predicted octanol–water partition coefficient (Wildman–Crippen LogP) is 4.13. The molecule has 7 heteroatoms. The maximum Gasteiger partial charge on any atom is 0.339 e. The number of halogens is 1. The maximum absolute atomic E-state index is 13.0. The molecule has 1 fully saturated rings. The maximum atomic E-state index is 13.0. The smallest absolute Gasteiger partial charge is 0.339 e. The van der Waals surface area contributed by atoms with Crippen molar-refractivity contribution >= 4 is 16.0 Å². The molecule has 0 N–H and O–H groups in total. The van der Waals surface area contributed by atoms with Crippen molar-refractivity contribution in [3.63, 3.8) is 0 Å². The van der Waals surface area contributed by atoms with E-state index in [4.69, 9.17) is 4.18 Å². The van der Waals surface area contributed by atoms with Gasteiger partial charge in [0.05, 0.1) is 0 Å². The average Bonchev–Trinajstić information content (AvgIpc) is 2.58. The van der Waals surface area contributed by atoms with Gasteiger partial charge in [-0.15, -0.1) is 0 Å². The second kappa shape index (κ2) is 8.31. The highest BCUT2D eigenvalue weighted by Gasteiger charge is 2.30. The second-order valence-electron chi connectivity index (χ2n) is 7.33. The third-order valence-corrected chi connectivity index (χ3v) is 6.18. The lowest BCUT2D eigenvalue weighted by Crippen LogP contribution is -2.42. The molecule has 0 atom stereocenters. The second-order valence-corrected chi connectivity index (χ2v) is 8.87. The highest BCUT2D eigenvalue weighted by atomic mass is 32.2. The van der Waals surface area contributed by atoms with Gasteiger partial charge in [-0.05, 0) is 68.7 Å². The molecule has 0 radical (unpaired) electrons. The molecule has 1 aliphatic carbocycles. The molecule has 2 aromatic carbocycles. The predicted molar refractivity (Wildman–Crippen MR) is 104 cm³/mol. The monoisotopic (exact) mass is 405 g/mol. The lowest BCUT2D eigenvalue weighted by Gasteiger charge is -2.34. The molecule has 0 aliphatic heterocycles. The normalized spacial score (nSPS) is 14.6. The van der Waals surface area contributed by atoms with Crippen LogP contribution in [0.1, 0.15) is 38.7 Å². The lowest BCUT2D eigenvalue weighted by atomic mass is 9.84. The molecule has 1 saturated carbocycles. The van der Waals surface area contributed by atoms with Gasteiger partial charge >= 0.3 is 10.1 Å². The zero-order valence-corrected chi connectivity index (χ0v) is 16.8. The molecule has 0 spiro atoms. The molecule has 2 aromatic rings. The number of nitrogens with zero attached hydrogens (tertiary/aromatic N) is 1. The summed E-state index contributed by atoms with van der Waals surface area (Å²) in [5.74, 6) is -0.125. The molecule has 0 unspecified atom stereocenters. The zero-order chi connectivity index (χ0) is 20.3. The molecule has 3 rings (SSSR count). The Labute approximate surface area is 165 Å². The van der Waals surface area contributed by atoms with Crippen molar-refractivity contribution in [2.45, 2.75) is 50.6 Å². The molecule has 1 amide bonds. The Bertz CT molecular complexity index is 937. The number of amides is 1. The molecule has 1 aliphatic rings. The Kier molecular flexibility index (Phi) is 6.03. The third kappa shape index (κ3) is 4.70. The summed E-state index contributed by atoms with van der Waals surface area (Å²) in [5.41, 5.74) is 0.785. The first kappa shape index (κ1) is 20.3. The number of rotatable bonds is 7. The molecule has 0 saturated heterocycles. The number of hydrogen-bond donors (Lipinski definition) is 0. The van der Waals surface area contributed by atoms with E-state index < -0.39 is 15.9 Å². The largest absolute Gasteiger partial charge is 0.379 e. The summed E-state index contributed by atoms with van der Waals surface area (Å²) in [7, 11) is -4.06. The number of hydrogen-bond acceptors (Lipinski definition) is 4. The van der Waals surface area contributed by atoms with Crippen LogP contribution in [-0.2, 0) is 21.5 Å². The Balaban J connectivity index is 1.75. The van der Waals surface area contributed by atoms with Crippen molar-refractivity contribution in [2.24, 2.45) is 5.92 Å². The minimum Gasteiger partial charge on any atom is -0.379 e. The van der Waals surface area contributed by atoms with Crippen molar-refractivity contribution in [1.29, 1.82) is 0 Å². The van der Waals surface area contributed by atoms with Gasteiger partial charge in [-0.2, -0.15) is 8.42 Å². The zero-order valence-electron chi connectivity index (χ0n) is 16.0. The highest BCUT2D eigenvalue weighted by Crippen LogP contribution is 2.30. The fraction of sp³-hybridized carbons (Fsp3) is 0.381. The topological polar surface area (TPSA) is 63.7 Å². The van der Waals surface area contributed by atoms with Crippen molar-refractivity contribution in [3.8, 4) is 5.75 Å². The summed E-state index contributed by atoms with van der Waals surface area (Å²) < 4.78 is 43.0. The van der Waals surface area contributed by atoms with Gasteiger partial charge in [0.1, 0.15) is 16.5 Å². The molecule has 28 heavy (non-hydrogen) atoms. The van der Waals surface area contributed by atoms with Crippen LogP contribution in [0.5, 0.6) is 5.75 Å². The van der Waals surface area contributed by atoms with Crippen molar-refractivity contribution in [3.05, 3.63) is 59.9 Å². The third-order valence-electron chi connectivity index (χ3n) is 4.92. The van der Waals surface area contributed by atoms with Gasteiger partial charge in [-0.25, -0.2) is 4.39 Å². The van der Waals surface area contributed by atoms with Crippen LogP contribution < -0.4 is 4.18 Å².